The number of carbonyl (C=O) groups is 1. The number of non-ortho nitro benzene ring substituents is 1. The van der Waals surface area contributed by atoms with Crippen molar-refractivity contribution in [3.8, 4) is 11.5 Å². The summed E-state index contributed by atoms with van der Waals surface area (Å²) in [5.41, 5.74) is 2.62. The molecule has 3 rings (SSSR count). The highest BCUT2D eigenvalue weighted by molar-refractivity contribution is 5.87. The molecule has 0 saturated carbocycles. The van der Waals surface area contributed by atoms with Crippen LogP contribution in [0.4, 0.5) is 5.69 Å². The third-order valence-corrected chi connectivity index (χ3v) is 4.14. The summed E-state index contributed by atoms with van der Waals surface area (Å²) in [6.07, 6.45) is 3.00. The van der Waals surface area contributed by atoms with Crippen molar-refractivity contribution in [2.24, 2.45) is 0 Å². The number of ether oxygens (including phenoxy) is 1. The number of nitro groups is 1. The lowest BCUT2D eigenvalue weighted by Crippen LogP contribution is -2.00. The van der Waals surface area contributed by atoms with Gasteiger partial charge in [0.1, 0.15) is 0 Å². The zero-order valence-corrected chi connectivity index (χ0v) is 15.9. The minimum Gasteiger partial charge on any atom is -0.452 e. The maximum absolute atomic E-state index is 11.9. The average molecular weight is 393 g/mol. The maximum Gasteiger partial charge on any atom is 0.331 e. The topological polar surface area (TPSA) is 108 Å². The summed E-state index contributed by atoms with van der Waals surface area (Å²) < 4.78 is 10.5. The normalized spacial score (nSPS) is 11.1. The van der Waals surface area contributed by atoms with Crippen LogP contribution in [0.5, 0.6) is 0 Å². The molecule has 1 aromatic heterocycles. The van der Waals surface area contributed by atoms with Gasteiger partial charge in [-0.3, -0.25) is 10.1 Å². The average Bonchev–Trinajstić information content (AvgIpc) is 3.20. The summed E-state index contributed by atoms with van der Waals surface area (Å²) in [4.78, 5) is 22.1. The Balaban J connectivity index is 1.54. The third kappa shape index (κ3) is 5.35. The van der Waals surface area contributed by atoms with Gasteiger partial charge in [0, 0.05) is 23.8 Å². The summed E-state index contributed by atoms with van der Waals surface area (Å²) in [6.45, 7) is 4.06. The van der Waals surface area contributed by atoms with Gasteiger partial charge in [-0.15, -0.1) is 10.2 Å². The van der Waals surface area contributed by atoms with Crippen LogP contribution >= 0.6 is 0 Å². The molecular weight excluding hydrogens is 374 g/mol. The number of benzene rings is 2. The summed E-state index contributed by atoms with van der Waals surface area (Å²) in [7, 11) is 0. The van der Waals surface area contributed by atoms with Gasteiger partial charge in [0.05, 0.1) is 4.92 Å². The number of esters is 1. The second kappa shape index (κ2) is 8.92. The Bertz CT molecular complexity index is 1020. The van der Waals surface area contributed by atoms with E-state index in [-0.39, 0.29) is 24.1 Å². The monoisotopic (exact) mass is 393 g/mol. The Labute approximate surface area is 167 Å². The summed E-state index contributed by atoms with van der Waals surface area (Å²) >= 11 is 0. The molecule has 8 heteroatoms. The molecule has 0 aliphatic carbocycles. The van der Waals surface area contributed by atoms with Crippen molar-refractivity contribution in [1.29, 1.82) is 0 Å². The number of carbonyl (C=O) groups excluding carboxylic acids is 1. The van der Waals surface area contributed by atoms with E-state index in [1.54, 1.807) is 6.08 Å². The van der Waals surface area contributed by atoms with E-state index in [4.69, 9.17) is 9.15 Å². The number of hydrogen-bond donors (Lipinski definition) is 0. The molecule has 8 nitrogen and oxygen atoms in total. The van der Waals surface area contributed by atoms with Crippen LogP contribution in [0, 0.1) is 10.1 Å². The summed E-state index contributed by atoms with van der Waals surface area (Å²) in [5.74, 6) is 0.226. The highest BCUT2D eigenvalue weighted by Gasteiger charge is 2.12. The molecule has 1 heterocycles. The van der Waals surface area contributed by atoms with Crippen LogP contribution in [0.25, 0.3) is 17.5 Å². The number of nitrogens with zero attached hydrogens (tertiary/aromatic N) is 3. The molecule has 0 spiro atoms. The second-order valence-electron chi connectivity index (χ2n) is 6.57. The van der Waals surface area contributed by atoms with Crippen molar-refractivity contribution < 1.29 is 18.9 Å². The molecule has 0 aliphatic rings. The van der Waals surface area contributed by atoms with Crippen molar-refractivity contribution >= 4 is 17.7 Å². The Morgan fingerprint density at radius 3 is 2.45 bits per heavy atom. The molecule has 0 amide bonds. The Morgan fingerprint density at radius 1 is 1.14 bits per heavy atom. The lowest BCUT2D eigenvalue weighted by Gasteiger charge is -2.04. The maximum atomic E-state index is 11.9. The van der Waals surface area contributed by atoms with Gasteiger partial charge in [-0.2, -0.15) is 0 Å². The van der Waals surface area contributed by atoms with Crippen LogP contribution in [0.3, 0.4) is 0 Å². The smallest absolute Gasteiger partial charge is 0.331 e. The zero-order valence-electron chi connectivity index (χ0n) is 15.9. The molecule has 0 aliphatic heterocycles. The van der Waals surface area contributed by atoms with Crippen molar-refractivity contribution in [1.82, 2.24) is 10.2 Å². The van der Waals surface area contributed by atoms with Crippen LogP contribution in [0.15, 0.2) is 59.0 Å². The van der Waals surface area contributed by atoms with Crippen LogP contribution in [-0.2, 0) is 16.1 Å². The minimum atomic E-state index is -0.534. The molecule has 0 saturated heterocycles. The molecule has 0 bridgehead atoms. The first-order chi connectivity index (χ1) is 13.9. The minimum absolute atomic E-state index is 0.0342. The van der Waals surface area contributed by atoms with Crippen molar-refractivity contribution in [3.05, 3.63) is 81.7 Å². The van der Waals surface area contributed by atoms with Crippen LogP contribution in [0.1, 0.15) is 36.8 Å². The van der Waals surface area contributed by atoms with Gasteiger partial charge in [-0.05, 0) is 35.3 Å². The van der Waals surface area contributed by atoms with Crippen LogP contribution < -0.4 is 0 Å². The van der Waals surface area contributed by atoms with E-state index in [2.05, 4.69) is 24.0 Å². The SMILES string of the molecule is CC(C)c1ccc(/C=C/C(=O)OCc2nnc(-c3ccc([N+](=O)[O-])cc3)o2)cc1. The standard InChI is InChI=1S/C21H19N3O5/c1-14(2)16-6-3-15(4-7-16)5-12-20(25)28-13-19-22-23-21(29-19)17-8-10-18(11-9-17)24(26)27/h3-12,14H,13H2,1-2H3/b12-5+. The number of nitro benzene ring substituents is 1. The highest BCUT2D eigenvalue weighted by atomic mass is 16.6. The van der Waals surface area contributed by atoms with Gasteiger partial charge in [-0.1, -0.05) is 38.1 Å². The second-order valence-corrected chi connectivity index (χ2v) is 6.57. The van der Waals surface area contributed by atoms with Crippen LogP contribution in [-0.4, -0.2) is 21.1 Å². The zero-order chi connectivity index (χ0) is 20.8. The third-order valence-electron chi connectivity index (χ3n) is 4.14. The molecule has 2 aromatic carbocycles. The molecular formula is C21H19N3O5. The first-order valence-corrected chi connectivity index (χ1v) is 8.94. The van der Waals surface area contributed by atoms with E-state index in [1.807, 2.05) is 24.3 Å². The van der Waals surface area contributed by atoms with Gasteiger partial charge < -0.3 is 9.15 Å². The Hall–Kier alpha value is -3.81. The van der Waals surface area contributed by atoms with Crippen molar-refractivity contribution in [2.45, 2.75) is 26.4 Å². The highest BCUT2D eigenvalue weighted by Crippen LogP contribution is 2.21. The van der Waals surface area contributed by atoms with Gasteiger partial charge in [0.25, 0.3) is 11.6 Å². The predicted molar refractivity (Wildman–Crippen MR) is 106 cm³/mol. The van der Waals surface area contributed by atoms with Crippen molar-refractivity contribution in [3.63, 3.8) is 0 Å². The van der Waals surface area contributed by atoms with E-state index < -0.39 is 10.9 Å². The number of rotatable bonds is 7. The summed E-state index contributed by atoms with van der Waals surface area (Å²) in [5, 5.41) is 18.4. The lowest BCUT2D eigenvalue weighted by molar-refractivity contribution is -0.384. The molecule has 0 atom stereocenters. The largest absolute Gasteiger partial charge is 0.452 e. The molecule has 0 fully saturated rings. The summed E-state index contributed by atoms with van der Waals surface area (Å²) in [6, 6.07) is 13.6. The quantitative estimate of drug-likeness (QED) is 0.251. The number of hydrogen-bond acceptors (Lipinski definition) is 7. The molecule has 29 heavy (non-hydrogen) atoms. The van der Waals surface area contributed by atoms with Crippen LogP contribution in [0.2, 0.25) is 0 Å². The van der Waals surface area contributed by atoms with E-state index in [0.717, 1.165) is 5.56 Å². The molecule has 148 valence electrons. The predicted octanol–water partition coefficient (Wildman–Crippen LogP) is 4.52. The lowest BCUT2D eigenvalue weighted by atomic mass is 10.0. The van der Waals surface area contributed by atoms with E-state index in [1.165, 1.54) is 35.9 Å². The van der Waals surface area contributed by atoms with Crippen molar-refractivity contribution in [2.75, 3.05) is 0 Å². The van der Waals surface area contributed by atoms with Gasteiger partial charge >= 0.3 is 5.97 Å². The van der Waals surface area contributed by atoms with E-state index >= 15 is 0 Å². The fourth-order valence-corrected chi connectivity index (χ4v) is 2.49. The van der Waals surface area contributed by atoms with Gasteiger partial charge in [0.2, 0.25) is 5.89 Å². The van der Waals surface area contributed by atoms with Gasteiger partial charge in [-0.25, -0.2) is 4.79 Å². The first kappa shape index (κ1) is 19.9. The molecule has 0 unspecified atom stereocenters. The molecule has 0 radical (unpaired) electrons. The molecule has 0 N–H and O–H groups in total. The fraction of sp³-hybridized carbons (Fsp3) is 0.190. The van der Waals surface area contributed by atoms with E-state index in [0.29, 0.717) is 11.5 Å². The Morgan fingerprint density at radius 2 is 1.83 bits per heavy atom. The Kier molecular flexibility index (Phi) is 6.13. The van der Waals surface area contributed by atoms with Gasteiger partial charge in [0.15, 0.2) is 6.61 Å². The molecule has 3 aromatic rings. The first-order valence-electron chi connectivity index (χ1n) is 8.94. The number of aromatic nitrogens is 2. The fourth-order valence-electron chi connectivity index (χ4n) is 2.49. The van der Waals surface area contributed by atoms with E-state index in [9.17, 15) is 14.9 Å².